The van der Waals surface area contributed by atoms with E-state index in [9.17, 15) is 0 Å². The third kappa shape index (κ3) is 20.1. The Morgan fingerprint density at radius 1 is 0.310 bits per heavy atom. The summed E-state index contributed by atoms with van der Waals surface area (Å²) in [5, 5.41) is 0. The van der Waals surface area contributed by atoms with Crippen LogP contribution in [0.3, 0.4) is 0 Å². The van der Waals surface area contributed by atoms with Crippen LogP contribution in [0.5, 0.6) is 0 Å². The summed E-state index contributed by atoms with van der Waals surface area (Å²) in [5.74, 6) is 0. The number of quaternary nitrogens is 1. The van der Waals surface area contributed by atoms with E-state index in [4.69, 9.17) is 0 Å². The van der Waals surface area contributed by atoms with Crippen molar-refractivity contribution < 1.29 is 21.5 Å². The van der Waals surface area contributed by atoms with E-state index in [0.29, 0.717) is 0 Å². The van der Waals surface area contributed by atoms with Crippen LogP contribution in [0.1, 0.15) is 150 Å². The highest BCUT2D eigenvalue weighted by Crippen LogP contribution is 2.19. The summed E-state index contributed by atoms with van der Waals surface area (Å²) in [4.78, 5) is 0. The van der Waals surface area contributed by atoms with Crippen LogP contribution in [0.25, 0.3) is 0 Å². The van der Waals surface area contributed by atoms with Crippen LogP contribution in [0.4, 0.5) is 0 Å². The lowest BCUT2D eigenvalue weighted by Gasteiger charge is -2.39. The zero-order chi connectivity index (χ0) is 20.8. The lowest BCUT2D eigenvalue weighted by molar-refractivity contribution is -0.929. The number of rotatable bonds is 23. The summed E-state index contributed by atoms with van der Waals surface area (Å²) in [6, 6.07) is 0. The molecule has 0 heterocycles. The maximum atomic E-state index is 2.41. The topological polar surface area (TPSA) is 0 Å². The highest BCUT2D eigenvalue weighted by Gasteiger charge is 2.25. The molecule has 29 heavy (non-hydrogen) atoms. The fourth-order valence-electron chi connectivity index (χ4n) is 4.83. The van der Waals surface area contributed by atoms with Crippen molar-refractivity contribution in [1.82, 2.24) is 0 Å². The maximum Gasteiger partial charge on any atom is 0.0786 e. The zero-order valence-corrected chi connectivity index (χ0v) is 22.7. The summed E-state index contributed by atoms with van der Waals surface area (Å²) in [6.45, 7) is 15.2. The summed E-state index contributed by atoms with van der Waals surface area (Å²) in [5.41, 5.74) is 0. The number of unbranched alkanes of at least 4 members (excludes halogenated alkanes) is 15. The molecule has 0 atom stereocenters. The summed E-state index contributed by atoms with van der Waals surface area (Å²) < 4.78 is 1.45. The third-order valence-electron chi connectivity index (χ3n) is 6.66. The highest BCUT2D eigenvalue weighted by atomic mass is 79.9. The van der Waals surface area contributed by atoms with Gasteiger partial charge in [0, 0.05) is 0 Å². The van der Waals surface area contributed by atoms with Crippen LogP contribution < -0.4 is 17.0 Å². The zero-order valence-electron chi connectivity index (χ0n) is 21.1. The van der Waals surface area contributed by atoms with E-state index in [1.165, 1.54) is 153 Å². The molecule has 0 bridgehead atoms. The predicted molar refractivity (Wildman–Crippen MR) is 130 cm³/mol. The number of hydrogen-bond donors (Lipinski definition) is 0. The van der Waals surface area contributed by atoms with Crippen molar-refractivity contribution in [2.24, 2.45) is 0 Å². The average Bonchev–Trinajstić information content (AvgIpc) is 2.70. The molecule has 0 spiro atoms. The number of nitrogens with zero attached hydrogens (tertiary/aromatic N) is 1. The Hall–Kier alpha value is 0.440. The molecule has 0 fully saturated rings. The first-order valence-electron chi connectivity index (χ1n) is 13.6. The van der Waals surface area contributed by atoms with Crippen molar-refractivity contribution in [3.63, 3.8) is 0 Å². The van der Waals surface area contributed by atoms with Crippen LogP contribution in [-0.2, 0) is 0 Å². The summed E-state index contributed by atoms with van der Waals surface area (Å²) in [6.07, 6.45) is 27.3. The first kappa shape index (κ1) is 31.6. The molecule has 0 N–H and O–H groups in total. The Morgan fingerprint density at radius 3 is 0.862 bits per heavy atom. The van der Waals surface area contributed by atoms with Crippen LogP contribution in [0.15, 0.2) is 0 Å². The van der Waals surface area contributed by atoms with Gasteiger partial charge in [0.2, 0.25) is 0 Å². The molecule has 0 aliphatic carbocycles. The van der Waals surface area contributed by atoms with E-state index in [2.05, 4.69) is 27.7 Å². The summed E-state index contributed by atoms with van der Waals surface area (Å²) >= 11 is 0. The van der Waals surface area contributed by atoms with Crippen LogP contribution in [-0.4, -0.2) is 30.7 Å². The SMILES string of the molecule is CCCCCCCC[N+](CCC)(CCCCCCCC)CCCCCCCC.[Br-]. The van der Waals surface area contributed by atoms with Crippen molar-refractivity contribution >= 4 is 0 Å². The highest BCUT2D eigenvalue weighted by molar-refractivity contribution is 4.53. The van der Waals surface area contributed by atoms with Gasteiger partial charge in [0.05, 0.1) is 26.2 Å². The lowest BCUT2D eigenvalue weighted by Crippen LogP contribution is -3.00. The van der Waals surface area contributed by atoms with Gasteiger partial charge >= 0.3 is 0 Å². The molecule has 0 amide bonds. The maximum absolute atomic E-state index is 2.41. The van der Waals surface area contributed by atoms with Crippen molar-refractivity contribution in [1.29, 1.82) is 0 Å². The average molecular weight is 477 g/mol. The summed E-state index contributed by atoms with van der Waals surface area (Å²) in [7, 11) is 0. The minimum atomic E-state index is 0. The van der Waals surface area contributed by atoms with Crippen LogP contribution in [0, 0.1) is 0 Å². The molecule has 0 saturated carbocycles. The van der Waals surface area contributed by atoms with Crippen molar-refractivity contribution in [2.75, 3.05) is 26.2 Å². The van der Waals surface area contributed by atoms with Crippen LogP contribution >= 0.6 is 0 Å². The molecule has 0 aliphatic rings. The molecule has 2 heteroatoms. The Morgan fingerprint density at radius 2 is 0.586 bits per heavy atom. The quantitative estimate of drug-likeness (QED) is 0.120. The second-order valence-corrected chi connectivity index (χ2v) is 9.54. The predicted octanol–water partition coefficient (Wildman–Crippen LogP) is 6.30. The Kier molecular flexibility index (Phi) is 26.9. The Bertz CT molecular complexity index is 251. The third-order valence-corrected chi connectivity index (χ3v) is 6.66. The molecule has 0 unspecified atom stereocenters. The van der Waals surface area contributed by atoms with Gasteiger partial charge in [-0.25, -0.2) is 0 Å². The Labute approximate surface area is 197 Å². The molecule has 0 aromatic heterocycles. The minimum absolute atomic E-state index is 0. The van der Waals surface area contributed by atoms with Gasteiger partial charge in [0.15, 0.2) is 0 Å². The van der Waals surface area contributed by atoms with Crippen molar-refractivity contribution in [3.05, 3.63) is 0 Å². The molecule has 0 aliphatic heterocycles. The van der Waals surface area contributed by atoms with Gasteiger partial charge in [-0.15, -0.1) is 0 Å². The molecule has 178 valence electrons. The van der Waals surface area contributed by atoms with Gasteiger partial charge in [-0.2, -0.15) is 0 Å². The molecular formula is C27H58BrN. The molecule has 0 radical (unpaired) electrons. The standard InChI is InChI=1S/C27H58N.BrH/c1-5-9-12-15-18-21-25-28(24-8-4,26-22-19-16-13-10-6-2)27-23-20-17-14-11-7-3;/h5-27H2,1-4H3;1H/q+1;/p-1. The lowest BCUT2D eigenvalue weighted by atomic mass is 10.1. The number of halogens is 1. The monoisotopic (exact) mass is 475 g/mol. The van der Waals surface area contributed by atoms with E-state index in [1.807, 2.05) is 0 Å². The van der Waals surface area contributed by atoms with Gasteiger partial charge in [0.25, 0.3) is 0 Å². The molecule has 0 saturated heterocycles. The largest absolute Gasteiger partial charge is 1.00 e. The normalized spacial score (nSPS) is 11.6. The molecule has 0 rings (SSSR count). The fraction of sp³-hybridized carbons (Fsp3) is 1.00. The number of hydrogen-bond acceptors (Lipinski definition) is 0. The minimum Gasteiger partial charge on any atom is -1.00 e. The van der Waals surface area contributed by atoms with Crippen molar-refractivity contribution in [3.8, 4) is 0 Å². The Balaban J connectivity index is 0. The van der Waals surface area contributed by atoms with E-state index in [-0.39, 0.29) is 17.0 Å². The fourth-order valence-corrected chi connectivity index (χ4v) is 4.83. The van der Waals surface area contributed by atoms with Gasteiger partial charge in [-0.1, -0.05) is 105 Å². The smallest absolute Gasteiger partial charge is 0.0786 e. The second kappa shape index (κ2) is 24.7. The van der Waals surface area contributed by atoms with E-state index < -0.39 is 0 Å². The van der Waals surface area contributed by atoms with Gasteiger partial charge in [-0.05, 0) is 44.9 Å². The van der Waals surface area contributed by atoms with Crippen molar-refractivity contribution in [2.45, 2.75) is 150 Å². The second-order valence-electron chi connectivity index (χ2n) is 9.54. The van der Waals surface area contributed by atoms with Gasteiger partial charge < -0.3 is 21.5 Å². The van der Waals surface area contributed by atoms with E-state index in [0.717, 1.165) is 0 Å². The van der Waals surface area contributed by atoms with Gasteiger partial charge in [0.1, 0.15) is 0 Å². The molecule has 0 aromatic rings. The van der Waals surface area contributed by atoms with Crippen LogP contribution in [0.2, 0.25) is 0 Å². The first-order valence-corrected chi connectivity index (χ1v) is 13.6. The molecule has 1 nitrogen and oxygen atoms in total. The molecular weight excluding hydrogens is 418 g/mol. The van der Waals surface area contributed by atoms with E-state index >= 15 is 0 Å². The van der Waals surface area contributed by atoms with E-state index in [1.54, 1.807) is 0 Å². The molecule has 0 aromatic carbocycles. The first-order chi connectivity index (χ1) is 13.7. The van der Waals surface area contributed by atoms with Gasteiger partial charge in [-0.3, -0.25) is 0 Å².